The summed E-state index contributed by atoms with van der Waals surface area (Å²) in [4.78, 5) is 14.2. The van der Waals surface area contributed by atoms with E-state index in [-0.39, 0.29) is 5.97 Å². The molecule has 0 amide bonds. The maximum atomic E-state index is 11.0. The summed E-state index contributed by atoms with van der Waals surface area (Å²) in [5, 5.41) is 2.07. The van der Waals surface area contributed by atoms with Gasteiger partial charge in [0.05, 0.1) is 13.7 Å². The molecule has 1 aromatic rings. The highest BCUT2D eigenvalue weighted by molar-refractivity contribution is 9.10. The number of carbonyl (C=O) groups excluding carboxylic acids is 1. The number of nitrogens with zero attached hydrogens (tertiary/aromatic N) is 1. The summed E-state index contributed by atoms with van der Waals surface area (Å²) in [6.07, 6.45) is 0.962. The van der Waals surface area contributed by atoms with Gasteiger partial charge in [-0.2, -0.15) is 0 Å². The van der Waals surface area contributed by atoms with Crippen LogP contribution in [0.3, 0.4) is 0 Å². The van der Waals surface area contributed by atoms with Gasteiger partial charge in [0, 0.05) is 21.3 Å². The SMILES string of the molecule is COC(=O)CN(C)CCc1cc(Br)cs1. The number of esters is 1. The Kier molecular flexibility index (Phi) is 5.28. The molecule has 0 aromatic carbocycles. The van der Waals surface area contributed by atoms with Crippen molar-refractivity contribution >= 4 is 33.2 Å². The fourth-order valence-corrected chi connectivity index (χ4v) is 2.59. The fourth-order valence-electron chi connectivity index (χ4n) is 1.15. The Labute approximate surface area is 102 Å². The third kappa shape index (κ3) is 4.77. The van der Waals surface area contributed by atoms with E-state index >= 15 is 0 Å². The van der Waals surface area contributed by atoms with Gasteiger partial charge in [0.1, 0.15) is 0 Å². The molecule has 5 heteroatoms. The first-order valence-corrected chi connectivity index (χ1v) is 6.27. The molecular formula is C10H14BrNO2S. The van der Waals surface area contributed by atoms with Crippen LogP contribution >= 0.6 is 27.3 Å². The van der Waals surface area contributed by atoms with Crippen LogP contribution in [0.25, 0.3) is 0 Å². The lowest BCUT2D eigenvalue weighted by Crippen LogP contribution is -2.28. The first-order valence-electron chi connectivity index (χ1n) is 4.60. The average molecular weight is 292 g/mol. The number of hydrogen-bond donors (Lipinski definition) is 0. The van der Waals surface area contributed by atoms with E-state index in [1.54, 1.807) is 11.3 Å². The van der Waals surface area contributed by atoms with Crippen molar-refractivity contribution < 1.29 is 9.53 Å². The summed E-state index contributed by atoms with van der Waals surface area (Å²) in [6, 6.07) is 2.11. The number of halogens is 1. The zero-order valence-corrected chi connectivity index (χ0v) is 11.2. The van der Waals surface area contributed by atoms with Crippen molar-refractivity contribution in [2.75, 3.05) is 27.2 Å². The lowest BCUT2D eigenvalue weighted by atomic mass is 10.3. The molecule has 0 unspecified atom stereocenters. The topological polar surface area (TPSA) is 29.5 Å². The molecule has 84 valence electrons. The Hall–Kier alpha value is -0.390. The van der Waals surface area contributed by atoms with Gasteiger partial charge in [-0.3, -0.25) is 9.69 Å². The second kappa shape index (κ2) is 6.25. The highest BCUT2D eigenvalue weighted by Crippen LogP contribution is 2.20. The van der Waals surface area contributed by atoms with Gasteiger partial charge in [0.15, 0.2) is 0 Å². The van der Waals surface area contributed by atoms with E-state index in [9.17, 15) is 4.79 Å². The van der Waals surface area contributed by atoms with Crippen molar-refractivity contribution in [1.29, 1.82) is 0 Å². The molecule has 15 heavy (non-hydrogen) atoms. The zero-order chi connectivity index (χ0) is 11.3. The fraction of sp³-hybridized carbons (Fsp3) is 0.500. The number of rotatable bonds is 5. The van der Waals surface area contributed by atoms with E-state index in [0.29, 0.717) is 6.54 Å². The van der Waals surface area contributed by atoms with E-state index in [1.165, 1.54) is 12.0 Å². The first-order chi connectivity index (χ1) is 7.11. The minimum Gasteiger partial charge on any atom is -0.468 e. The monoisotopic (exact) mass is 291 g/mol. The van der Waals surface area contributed by atoms with Gasteiger partial charge in [-0.1, -0.05) is 0 Å². The van der Waals surface area contributed by atoms with Gasteiger partial charge in [0.25, 0.3) is 0 Å². The van der Waals surface area contributed by atoms with Gasteiger partial charge in [-0.15, -0.1) is 11.3 Å². The van der Waals surface area contributed by atoms with E-state index in [2.05, 4.69) is 32.1 Å². The van der Waals surface area contributed by atoms with Crippen molar-refractivity contribution in [2.45, 2.75) is 6.42 Å². The van der Waals surface area contributed by atoms with Gasteiger partial charge in [0.2, 0.25) is 0 Å². The highest BCUT2D eigenvalue weighted by atomic mass is 79.9. The second-order valence-corrected chi connectivity index (χ2v) is 5.21. The van der Waals surface area contributed by atoms with Crippen molar-refractivity contribution in [1.82, 2.24) is 4.90 Å². The third-order valence-corrected chi connectivity index (χ3v) is 3.75. The minimum atomic E-state index is -0.190. The predicted octanol–water partition coefficient (Wildman–Crippen LogP) is 2.16. The molecule has 0 spiro atoms. The molecule has 0 aliphatic rings. The maximum Gasteiger partial charge on any atom is 0.319 e. The highest BCUT2D eigenvalue weighted by Gasteiger charge is 2.06. The van der Waals surface area contributed by atoms with Crippen LogP contribution in [-0.2, 0) is 16.0 Å². The standard InChI is InChI=1S/C10H14BrNO2S/c1-12(6-10(13)14-2)4-3-9-5-8(11)7-15-9/h5,7H,3-4,6H2,1-2H3. The van der Waals surface area contributed by atoms with Crippen molar-refractivity contribution in [3.8, 4) is 0 Å². The molecule has 0 atom stereocenters. The normalized spacial score (nSPS) is 10.7. The van der Waals surface area contributed by atoms with Crippen LogP contribution in [0.1, 0.15) is 4.88 Å². The molecule has 0 saturated carbocycles. The molecular weight excluding hydrogens is 278 g/mol. The number of hydrogen-bond acceptors (Lipinski definition) is 4. The summed E-state index contributed by atoms with van der Waals surface area (Å²) in [5.41, 5.74) is 0. The van der Waals surface area contributed by atoms with E-state index < -0.39 is 0 Å². The molecule has 0 saturated heterocycles. The minimum absolute atomic E-state index is 0.190. The Morgan fingerprint density at radius 3 is 2.93 bits per heavy atom. The molecule has 0 bridgehead atoms. The van der Waals surface area contributed by atoms with Gasteiger partial charge in [-0.25, -0.2) is 0 Å². The Bertz CT molecular complexity index is 327. The van der Waals surface area contributed by atoms with Crippen LogP contribution in [0, 0.1) is 0 Å². The molecule has 0 aliphatic carbocycles. The number of carbonyl (C=O) groups is 1. The lowest BCUT2D eigenvalue weighted by molar-refractivity contribution is -0.141. The number of methoxy groups -OCH3 is 1. The third-order valence-electron chi connectivity index (χ3n) is 1.99. The average Bonchev–Trinajstić information content (AvgIpc) is 2.61. The Balaban J connectivity index is 2.28. The van der Waals surface area contributed by atoms with Gasteiger partial charge in [-0.05, 0) is 35.5 Å². The van der Waals surface area contributed by atoms with E-state index in [1.807, 2.05) is 11.9 Å². The van der Waals surface area contributed by atoms with E-state index in [4.69, 9.17) is 0 Å². The largest absolute Gasteiger partial charge is 0.468 e. The van der Waals surface area contributed by atoms with Crippen LogP contribution in [0.15, 0.2) is 15.9 Å². The maximum absolute atomic E-state index is 11.0. The summed E-state index contributed by atoms with van der Waals surface area (Å²) in [5.74, 6) is -0.190. The number of ether oxygens (including phenoxy) is 1. The molecule has 0 N–H and O–H groups in total. The molecule has 0 fully saturated rings. The van der Waals surface area contributed by atoms with Crippen LogP contribution in [0.4, 0.5) is 0 Å². The van der Waals surface area contributed by atoms with Gasteiger partial charge >= 0.3 is 5.97 Å². The summed E-state index contributed by atoms with van der Waals surface area (Å²) in [6.45, 7) is 1.21. The molecule has 0 aliphatic heterocycles. The van der Waals surface area contributed by atoms with Crippen LogP contribution < -0.4 is 0 Å². The molecule has 3 nitrogen and oxygen atoms in total. The number of likely N-dealkylation sites (N-methyl/N-ethyl adjacent to an activating group) is 1. The molecule has 1 aromatic heterocycles. The summed E-state index contributed by atoms with van der Waals surface area (Å²) >= 11 is 5.14. The molecule has 1 heterocycles. The Morgan fingerprint density at radius 1 is 1.67 bits per heavy atom. The smallest absolute Gasteiger partial charge is 0.319 e. The van der Waals surface area contributed by atoms with Crippen molar-refractivity contribution in [3.05, 3.63) is 20.8 Å². The Morgan fingerprint density at radius 2 is 2.40 bits per heavy atom. The van der Waals surface area contributed by atoms with Crippen molar-refractivity contribution in [2.24, 2.45) is 0 Å². The van der Waals surface area contributed by atoms with Crippen LogP contribution in [-0.4, -0.2) is 38.1 Å². The number of thiophene rings is 1. The van der Waals surface area contributed by atoms with Crippen LogP contribution in [0.2, 0.25) is 0 Å². The predicted molar refractivity (Wildman–Crippen MR) is 65.2 cm³/mol. The first kappa shape index (κ1) is 12.7. The summed E-state index contributed by atoms with van der Waals surface area (Å²) in [7, 11) is 3.33. The zero-order valence-electron chi connectivity index (χ0n) is 8.83. The lowest BCUT2D eigenvalue weighted by Gasteiger charge is -2.13. The van der Waals surface area contributed by atoms with Gasteiger partial charge < -0.3 is 4.74 Å². The summed E-state index contributed by atoms with van der Waals surface area (Å²) < 4.78 is 5.71. The van der Waals surface area contributed by atoms with E-state index in [0.717, 1.165) is 17.4 Å². The molecule has 0 radical (unpaired) electrons. The quantitative estimate of drug-likeness (QED) is 0.779. The molecule has 1 rings (SSSR count). The second-order valence-electron chi connectivity index (χ2n) is 3.30. The van der Waals surface area contributed by atoms with Crippen molar-refractivity contribution in [3.63, 3.8) is 0 Å². The van der Waals surface area contributed by atoms with Crippen LogP contribution in [0.5, 0.6) is 0 Å².